The third kappa shape index (κ3) is 2.09. The van der Waals surface area contributed by atoms with Gasteiger partial charge in [0.25, 0.3) is 5.56 Å². The van der Waals surface area contributed by atoms with Crippen molar-refractivity contribution in [2.45, 2.75) is 10.4 Å². The van der Waals surface area contributed by atoms with Gasteiger partial charge < -0.3 is 4.57 Å². The first-order chi connectivity index (χ1) is 8.55. The molecule has 0 fully saturated rings. The first kappa shape index (κ1) is 12.2. The molecule has 1 N–H and O–H groups in total. The molecule has 0 aliphatic rings. The van der Waals surface area contributed by atoms with Crippen LogP contribution in [0, 0.1) is 0 Å². The van der Waals surface area contributed by atoms with Gasteiger partial charge in [0.1, 0.15) is 0 Å². The molecule has 0 amide bonds. The average Bonchev–Trinajstić information content (AvgIpc) is 2.84. The molecule has 0 spiro atoms. The van der Waals surface area contributed by atoms with E-state index < -0.39 is 20.8 Å². The zero-order chi connectivity index (χ0) is 13.2. The summed E-state index contributed by atoms with van der Waals surface area (Å²) in [7, 11) is -3.77. The average molecular weight is 266 g/mol. The summed E-state index contributed by atoms with van der Waals surface area (Å²) in [4.78, 5) is 14.7. The van der Waals surface area contributed by atoms with E-state index in [1.54, 1.807) is 0 Å². The van der Waals surface area contributed by atoms with Crippen LogP contribution in [0.3, 0.4) is 0 Å². The second-order valence-corrected chi connectivity index (χ2v) is 5.43. The molecule has 8 heteroatoms. The van der Waals surface area contributed by atoms with Crippen molar-refractivity contribution in [2.75, 3.05) is 0 Å². The Bertz CT molecular complexity index is 682. The lowest BCUT2D eigenvalue weighted by Crippen LogP contribution is -2.20. The fourth-order valence-electron chi connectivity index (χ4n) is 1.44. The van der Waals surface area contributed by atoms with Crippen molar-refractivity contribution in [3.63, 3.8) is 0 Å². The van der Waals surface area contributed by atoms with Gasteiger partial charge in [-0.15, -0.1) is 0 Å². The van der Waals surface area contributed by atoms with E-state index in [2.05, 4.69) is 21.8 Å². The zero-order valence-corrected chi connectivity index (χ0v) is 10.0. The van der Waals surface area contributed by atoms with E-state index in [4.69, 9.17) is 0 Å². The minimum absolute atomic E-state index is 0.222. The van der Waals surface area contributed by atoms with Gasteiger partial charge in [0.15, 0.2) is 10.4 Å². The summed E-state index contributed by atoms with van der Waals surface area (Å²) in [5.41, 5.74) is -0.466. The zero-order valence-electron chi connectivity index (χ0n) is 9.22. The molecule has 7 nitrogen and oxygen atoms in total. The van der Waals surface area contributed by atoms with Crippen molar-refractivity contribution in [3.8, 4) is 0 Å². The number of nitrogens with zero attached hydrogens (tertiary/aromatic N) is 3. The Morgan fingerprint density at radius 1 is 1.44 bits per heavy atom. The maximum atomic E-state index is 12.3. The van der Waals surface area contributed by atoms with Gasteiger partial charge in [0.2, 0.25) is 9.84 Å². The van der Waals surface area contributed by atoms with E-state index >= 15 is 0 Å². The molecule has 2 heterocycles. The van der Waals surface area contributed by atoms with Crippen molar-refractivity contribution < 1.29 is 8.42 Å². The lowest BCUT2D eigenvalue weighted by Gasteiger charge is -2.13. The molecule has 0 aliphatic heterocycles. The molecule has 1 unspecified atom stereocenters. The predicted octanol–water partition coefficient (Wildman–Crippen LogP) is 0.125. The molecule has 0 saturated carbocycles. The van der Waals surface area contributed by atoms with Crippen LogP contribution in [0.2, 0.25) is 0 Å². The molecule has 0 bridgehead atoms. The van der Waals surface area contributed by atoms with Crippen molar-refractivity contribution in [2.24, 2.45) is 0 Å². The molecule has 1 atom stereocenters. The Morgan fingerprint density at radius 3 is 2.72 bits per heavy atom. The van der Waals surface area contributed by atoms with Gasteiger partial charge in [-0.2, -0.15) is 5.10 Å². The largest absolute Gasteiger partial charge is 0.316 e. The second-order valence-electron chi connectivity index (χ2n) is 3.44. The molecule has 18 heavy (non-hydrogen) atoms. The molecular weight excluding hydrogens is 256 g/mol. The van der Waals surface area contributed by atoms with E-state index in [0.29, 0.717) is 0 Å². The standard InChI is InChI=1S/C10H10N4O3S/c1-2-10(14-6-5-11-7-14)18(16,17)9-4-3-8(15)12-13-9/h2-7,10H,1H2,(H,12,15). The predicted molar refractivity (Wildman–Crippen MR) is 63.5 cm³/mol. The number of hydrogen-bond donors (Lipinski definition) is 1. The summed E-state index contributed by atoms with van der Waals surface area (Å²) in [5.74, 6) is 0. The Balaban J connectivity index is 2.50. The van der Waals surface area contributed by atoms with Crippen molar-refractivity contribution >= 4 is 9.84 Å². The number of H-pyrrole nitrogens is 1. The van der Waals surface area contributed by atoms with Crippen molar-refractivity contribution in [1.29, 1.82) is 0 Å². The third-order valence-electron chi connectivity index (χ3n) is 2.28. The number of nitrogens with one attached hydrogen (secondary N) is 1. The monoisotopic (exact) mass is 266 g/mol. The van der Waals surface area contributed by atoms with E-state index in [-0.39, 0.29) is 5.03 Å². The van der Waals surface area contributed by atoms with Crippen LogP contribution in [-0.2, 0) is 9.84 Å². The molecular formula is C10H10N4O3S. The van der Waals surface area contributed by atoms with Crippen LogP contribution < -0.4 is 5.56 Å². The summed E-state index contributed by atoms with van der Waals surface area (Å²) < 4.78 is 25.9. The van der Waals surface area contributed by atoms with Gasteiger partial charge in [0, 0.05) is 18.5 Å². The Labute approximate surface area is 103 Å². The van der Waals surface area contributed by atoms with Gasteiger partial charge in [-0.25, -0.2) is 18.5 Å². The molecule has 0 aromatic carbocycles. The Morgan fingerprint density at radius 2 is 2.22 bits per heavy atom. The fourth-order valence-corrected chi connectivity index (χ4v) is 2.82. The van der Waals surface area contributed by atoms with Gasteiger partial charge in [-0.1, -0.05) is 12.7 Å². The Hall–Kier alpha value is -2.22. The number of hydrogen-bond acceptors (Lipinski definition) is 5. The maximum absolute atomic E-state index is 12.3. The summed E-state index contributed by atoms with van der Waals surface area (Å²) in [5, 5.41) is 4.37. The normalized spacial score (nSPS) is 13.1. The van der Waals surface area contributed by atoms with Gasteiger partial charge in [-0.05, 0) is 6.07 Å². The van der Waals surface area contributed by atoms with E-state index in [9.17, 15) is 13.2 Å². The molecule has 2 aromatic heterocycles. The summed E-state index contributed by atoms with van der Waals surface area (Å²) in [6.45, 7) is 3.50. The number of rotatable bonds is 4. The summed E-state index contributed by atoms with van der Waals surface area (Å²) in [6, 6.07) is 2.26. The first-order valence-electron chi connectivity index (χ1n) is 4.95. The molecule has 0 radical (unpaired) electrons. The van der Waals surface area contributed by atoms with Gasteiger partial charge >= 0.3 is 0 Å². The number of aromatic nitrogens is 4. The van der Waals surface area contributed by atoms with Crippen LogP contribution in [0.1, 0.15) is 5.37 Å². The molecule has 2 rings (SSSR count). The minimum Gasteiger partial charge on any atom is -0.316 e. The van der Waals surface area contributed by atoms with Crippen LogP contribution >= 0.6 is 0 Å². The molecule has 0 saturated heterocycles. The summed E-state index contributed by atoms with van der Waals surface area (Å²) in [6.07, 6.45) is 5.61. The van der Waals surface area contributed by atoms with Crippen molar-refractivity contribution in [3.05, 3.63) is 53.9 Å². The van der Waals surface area contributed by atoms with Crippen LogP contribution in [0.4, 0.5) is 0 Å². The minimum atomic E-state index is -3.77. The highest BCUT2D eigenvalue weighted by Gasteiger charge is 2.27. The topological polar surface area (TPSA) is 97.7 Å². The van der Waals surface area contributed by atoms with Crippen molar-refractivity contribution in [1.82, 2.24) is 19.7 Å². The third-order valence-corrected chi connectivity index (χ3v) is 4.17. The van der Waals surface area contributed by atoms with Crippen LogP contribution in [0.15, 0.2) is 53.3 Å². The lowest BCUT2D eigenvalue weighted by atomic mass is 10.6. The van der Waals surface area contributed by atoms with Crippen LogP contribution in [0.25, 0.3) is 0 Å². The lowest BCUT2D eigenvalue weighted by molar-refractivity contribution is 0.565. The fraction of sp³-hybridized carbons (Fsp3) is 0.100. The smallest absolute Gasteiger partial charge is 0.264 e. The summed E-state index contributed by atoms with van der Waals surface area (Å²) >= 11 is 0. The van der Waals surface area contributed by atoms with Crippen LogP contribution in [-0.4, -0.2) is 28.2 Å². The highest BCUT2D eigenvalue weighted by atomic mass is 32.2. The molecule has 2 aromatic rings. The number of aromatic amines is 1. The van der Waals surface area contributed by atoms with E-state index in [0.717, 1.165) is 12.1 Å². The first-order valence-corrected chi connectivity index (χ1v) is 6.50. The number of imidazole rings is 1. The second kappa shape index (κ2) is 4.57. The SMILES string of the molecule is C=CC(n1ccnc1)S(=O)(=O)c1ccc(=O)[nH]n1. The van der Waals surface area contributed by atoms with Crippen LogP contribution in [0.5, 0.6) is 0 Å². The number of sulfone groups is 1. The quantitative estimate of drug-likeness (QED) is 0.793. The molecule has 0 aliphatic carbocycles. The van der Waals surface area contributed by atoms with E-state index in [1.807, 2.05) is 0 Å². The maximum Gasteiger partial charge on any atom is 0.264 e. The van der Waals surface area contributed by atoms with Gasteiger partial charge in [-0.3, -0.25) is 4.79 Å². The van der Waals surface area contributed by atoms with E-state index in [1.165, 1.54) is 29.4 Å². The highest BCUT2D eigenvalue weighted by Crippen LogP contribution is 2.22. The van der Waals surface area contributed by atoms with Gasteiger partial charge in [0.05, 0.1) is 6.33 Å². The molecule has 94 valence electrons. The Kier molecular flexibility index (Phi) is 3.11. The highest BCUT2D eigenvalue weighted by molar-refractivity contribution is 7.91.